The average molecular weight is 279 g/mol. The molecule has 7 heteroatoms. The molecule has 0 unspecified atom stereocenters. The molecule has 1 amide bonds. The average Bonchev–Trinajstić information content (AvgIpc) is 2.94. The number of amides is 1. The van der Waals surface area contributed by atoms with Crippen molar-refractivity contribution in [2.45, 2.75) is 6.10 Å². The van der Waals surface area contributed by atoms with E-state index >= 15 is 0 Å². The molecule has 0 spiro atoms. The molecule has 1 atom stereocenters. The van der Waals surface area contributed by atoms with Crippen molar-refractivity contribution in [2.75, 3.05) is 26.5 Å². The van der Waals surface area contributed by atoms with Gasteiger partial charge in [-0.25, -0.2) is 4.79 Å². The summed E-state index contributed by atoms with van der Waals surface area (Å²) in [5, 5.41) is 8.94. The Morgan fingerprint density at radius 2 is 2.05 bits per heavy atom. The monoisotopic (exact) mass is 279 g/mol. The third kappa shape index (κ3) is 2.27. The Kier molecular flexibility index (Phi) is 3.19. The van der Waals surface area contributed by atoms with Crippen LogP contribution in [0.5, 0.6) is 11.5 Å². The molecule has 1 aromatic carbocycles. The lowest BCUT2D eigenvalue weighted by Crippen LogP contribution is -2.48. The molecule has 106 valence electrons. The second-order valence-corrected chi connectivity index (χ2v) is 4.52. The number of carboxylic acid groups (broad SMARTS) is 1. The van der Waals surface area contributed by atoms with E-state index in [1.165, 1.54) is 4.90 Å². The van der Waals surface area contributed by atoms with Gasteiger partial charge in [-0.05, 0) is 18.2 Å². The van der Waals surface area contributed by atoms with Crippen molar-refractivity contribution in [1.29, 1.82) is 0 Å². The van der Waals surface area contributed by atoms with Crippen LogP contribution in [0.25, 0.3) is 0 Å². The largest absolute Gasteiger partial charge is 0.479 e. The number of carboxylic acids is 1. The predicted octanol–water partition coefficient (Wildman–Crippen LogP) is 0.341. The van der Waals surface area contributed by atoms with Crippen LogP contribution in [0.2, 0.25) is 0 Å². The van der Waals surface area contributed by atoms with Gasteiger partial charge in [-0.15, -0.1) is 0 Å². The quantitative estimate of drug-likeness (QED) is 0.840. The summed E-state index contributed by atoms with van der Waals surface area (Å²) in [6.45, 7) is 0.776. The first kappa shape index (κ1) is 12.7. The number of fused-ring (bicyclic) bond motifs is 1. The van der Waals surface area contributed by atoms with Crippen molar-refractivity contribution in [3.63, 3.8) is 0 Å². The van der Waals surface area contributed by atoms with E-state index in [0.717, 1.165) is 0 Å². The Hall–Kier alpha value is -2.28. The fraction of sp³-hybridized carbons (Fsp3) is 0.385. The Morgan fingerprint density at radius 1 is 1.25 bits per heavy atom. The summed E-state index contributed by atoms with van der Waals surface area (Å²) in [7, 11) is 0. The first-order chi connectivity index (χ1) is 9.65. The van der Waals surface area contributed by atoms with Crippen molar-refractivity contribution in [2.24, 2.45) is 0 Å². The summed E-state index contributed by atoms with van der Waals surface area (Å²) in [6.07, 6.45) is -0.971. The van der Waals surface area contributed by atoms with Crippen LogP contribution in [0, 0.1) is 0 Å². The van der Waals surface area contributed by atoms with Gasteiger partial charge in [0.2, 0.25) is 6.79 Å². The number of benzene rings is 1. The Morgan fingerprint density at radius 3 is 2.85 bits per heavy atom. The number of rotatable bonds is 2. The van der Waals surface area contributed by atoms with Crippen LogP contribution in [0.15, 0.2) is 18.2 Å². The van der Waals surface area contributed by atoms with Gasteiger partial charge < -0.3 is 24.2 Å². The highest BCUT2D eigenvalue weighted by Crippen LogP contribution is 2.32. The number of carbonyl (C=O) groups excluding carboxylic acids is 1. The van der Waals surface area contributed by atoms with Gasteiger partial charge in [0, 0.05) is 12.1 Å². The van der Waals surface area contributed by atoms with E-state index in [4.69, 9.17) is 19.3 Å². The zero-order valence-electron chi connectivity index (χ0n) is 10.6. The van der Waals surface area contributed by atoms with Gasteiger partial charge >= 0.3 is 5.97 Å². The van der Waals surface area contributed by atoms with Crippen molar-refractivity contribution >= 4 is 11.9 Å². The van der Waals surface area contributed by atoms with E-state index < -0.39 is 12.1 Å². The van der Waals surface area contributed by atoms with Crippen LogP contribution in [0.1, 0.15) is 10.4 Å². The number of ether oxygens (including phenoxy) is 3. The maximum atomic E-state index is 12.3. The zero-order valence-corrected chi connectivity index (χ0v) is 10.6. The highest BCUT2D eigenvalue weighted by Gasteiger charge is 2.30. The number of morpholine rings is 1. The van der Waals surface area contributed by atoms with Crippen LogP contribution in [0.4, 0.5) is 0 Å². The standard InChI is InChI=1S/C13H13NO6/c15-12(14-3-4-18-11(6-14)13(16)17)8-1-2-9-10(5-8)20-7-19-9/h1-2,5,11H,3-4,6-7H2,(H,16,17)/t11-/m1/s1. The minimum absolute atomic E-state index is 0.0443. The molecule has 7 nitrogen and oxygen atoms in total. The van der Waals surface area contributed by atoms with Crippen LogP contribution < -0.4 is 9.47 Å². The molecular weight excluding hydrogens is 266 g/mol. The van der Waals surface area contributed by atoms with Gasteiger partial charge in [0.15, 0.2) is 17.6 Å². The topological polar surface area (TPSA) is 85.3 Å². The lowest BCUT2D eigenvalue weighted by Gasteiger charge is -2.30. The summed E-state index contributed by atoms with van der Waals surface area (Å²) in [4.78, 5) is 24.7. The lowest BCUT2D eigenvalue weighted by molar-refractivity contribution is -0.154. The van der Waals surface area contributed by atoms with Gasteiger partial charge in [0.05, 0.1) is 13.2 Å². The second kappa shape index (κ2) is 5.01. The Bertz CT molecular complexity index is 558. The number of hydrogen-bond acceptors (Lipinski definition) is 5. The molecule has 1 N–H and O–H groups in total. The van der Waals surface area contributed by atoms with Crippen molar-refractivity contribution in [3.8, 4) is 11.5 Å². The second-order valence-electron chi connectivity index (χ2n) is 4.52. The highest BCUT2D eigenvalue weighted by atomic mass is 16.7. The third-order valence-corrected chi connectivity index (χ3v) is 3.25. The molecule has 0 aromatic heterocycles. The number of hydrogen-bond donors (Lipinski definition) is 1. The molecule has 0 bridgehead atoms. The van der Waals surface area contributed by atoms with Gasteiger partial charge in [-0.3, -0.25) is 4.79 Å². The molecule has 0 radical (unpaired) electrons. The van der Waals surface area contributed by atoms with Crippen molar-refractivity contribution in [3.05, 3.63) is 23.8 Å². The summed E-state index contributed by atoms with van der Waals surface area (Å²) in [5.41, 5.74) is 0.445. The maximum Gasteiger partial charge on any atom is 0.334 e. The predicted molar refractivity (Wildman–Crippen MR) is 65.8 cm³/mol. The summed E-state index contributed by atoms with van der Waals surface area (Å²) in [5.74, 6) is -0.170. The lowest BCUT2D eigenvalue weighted by atomic mass is 10.1. The third-order valence-electron chi connectivity index (χ3n) is 3.25. The molecule has 1 aromatic rings. The first-order valence-corrected chi connectivity index (χ1v) is 6.18. The summed E-state index contributed by atoms with van der Waals surface area (Å²) < 4.78 is 15.5. The van der Waals surface area contributed by atoms with Gasteiger partial charge in [0.1, 0.15) is 0 Å². The molecule has 2 aliphatic heterocycles. The van der Waals surface area contributed by atoms with E-state index in [0.29, 0.717) is 23.6 Å². The molecular formula is C13H13NO6. The Balaban J connectivity index is 1.76. The van der Waals surface area contributed by atoms with Crippen LogP contribution in [0.3, 0.4) is 0 Å². The van der Waals surface area contributed by atoms with Gasteiger partial charge in [-0.1, -0.05) is 0 Å². The summed E-state index contributed by atoms with van der Waals surface area (Å²) >= 11 is 0. The molecule has 2 heterocycles. The fourth-order valence-corrected chi connectivity index (χ4v) is 2.20. The minimum atomic E-state index is -1.06. The van der Waals surface area contributed by atoms with Crippen molar-refractivity contribution in [1.82, 2.24) is 4.90 Å². The zero-order chi connectivity index (χ0) is 14.1. The van der Waals surface area contributed by atoms with E-state index in [9.17, 15) is 9.59 Å². The normalized spacial score (nSPS) is 20.8. The van der Waals surface area contributed by atoms with Crippen LogP contribution in [-0.4, -0.2) is 54.5 Å². The molecule has 2 aliphatic rings. The van der Waals surface area contributed by atoms with Gasteiger partial charge in [0.25, 0.3) is 5.91 Å². The Labute approximate surface area is 114 Å². The van der Waals surface area contributed by atoms with E-state index in [2.05, 4.69) is 0 Å². The van der Waals surface area contributed by atoms with Crippen LogP contribution in [-0.2, 0) is 9.53 Å². The number of aliphatic carboxylic acids is 1. The summed E-state index contributed by atoms with van der Waals surface area (Å²) in [6, 6.07) is 4.92. The van der Waals surface area contributed by atoms with E-state index in [1.807, 2.05) is 0 Å². The maximum absolute atomic E-state index is 12.3. The smallest absolute Gasteiger partial charge is 0.334 e. The molecule has 1 saturated heterocycles. The van der Waals surface area contributed by atoms with Crippen LogP contribution >= 0.6 is 0 Å². The molecule has 1 fully saturated rings. The fourth-order valence-electron chi connectivity index (χ4n) is 2.20. The number of nitrogens with zero attached hydrogens (tertiary/aromatic N) is 1. The highest BCUT2D eigenvalue weighted by molar-refractivity contribution is 5.95. The number of carbonyl (C=O) groups is 2. The minimum Gasteiger partial charge on any atom is -0.479 e. The molecule has 0 aliphatic carbocycles. The van der Waals surface area contributed by atoms with Crippen molar-refractivity contribution < 1.29 is 28.9 Å². The van der Waals surface area contributed by atoms with Gasteiger partial charge in [-0.2, -0.15) is 0 Å². The molecule has 0 saturated carbocycles. The molecule has 3 rings (SSSR count). The van der Waals surface area contributed by atoms with E-state index in [-0.39, 0.29) is 25.9 Å². The SMILES string of the molecule is O=C(O)[C@H]1CN(C(=O)c2ccc3c(c2)OCO3)CCO1. The molecule has 20 heavy (non-hydrogen) atoms. The first-order valence-electron chi connectivity index (χ1n) is 6.18. The van der Waals surface area contributed by atoms with E-state index in [1.54, 1.807) is 18.2 Å².